The van der Waals surface area contributed by atoms with Gasteiger partial charge in [-0.25, -0.2) is 13.6 Å². The standard InChI is InChI=1S/C14H20N2O4S/c1-8(11-7-9-2-3-10(11)6-9)16-14(17)12-4-5-13(20-12)21(15,18)19/h4-5,8-11H,2-3,6-7H2,1H3,(H,16,17)(H2,15,18,19). The van der Waals surface area contributed by atoms with Crippen LogP contribution in [0.25, 0.3) is 0 Å². The van der Waals surface area contributed by atoms with Crippen molar-refractivity contribution in [1.29, 1.82) is 0 Å². The van der Waals surface area contributed by atoms with Crippen LogP contribution < -0.4 is 10.5 Å². The van der Waals surface area contributed by atoms with Gasteiger partial charge in [-0.1, -0.05) is 6.42 Å². The summed E-state index contributed by atoms with van der Waals surface area (Å²) in [6.45, 7) is 2.01. The number of nitrogens with two attached hydrogens (primary N) is 1. The summed E-state index contributed by atoms with van der Waals surface area (Å²) >= 11 is 0. The van der Waals surface area contributed by atoms with Gasteiger partial charge < -0.3 is 9.73 Å². The molecule has 2 aliphatic carbocycles. The topological polar surface area (TPSA) is 102 Å². The summed E-state index contributed by atoms with van der Waals surface area (Å²) in [7, 11) is -3.91. The van der Waals surface area contributed by atoms with Crippen molar-refractivity contribution in [3.8, 4) is 0 Å². The summed E-state index contributed by atoms with van der Waals surface area (Å²) in [4.78, 5) is 12.1. The third-order valence-corrected chi connectivity index (χ3v) is 5.66. The van der Waals surface area contributed by atoms with Crippen molar-refractivity contribution in [2.45, 2.75) is 43.7 Å². The predicted molar refractivity (Wildman–Crippen MR) is 75.9 cm³/mol. The van der Waals surface area contributed by atoms with E-state index in [1.54, 1.807) is 0 Å². The van der Waals surface area contributed by atoms with Gasteiger partial charge in [0.05, 0.1) is 0 Å². The molecule has 0 aromatic carbocycles. The van der Waals surface area contributed by atoms with Gasteiger partial charge in [-0.15, -0.1) is 0 Å². The van der Waals surface area contributed by atoms with Crippen molar-refractivity contribution < 1.29 is 17.6 Å². The molecule has 7 heteroatoms. The summed E-state index contributed by atoms with van der Waals surface area (Å²) < 4.78 is 27.3. The Hall–Kier alpha value is -1.34. The molecule has 21 heavy (non-hydrogen) atoms. The predicted octanol–water partition coefficient (Wildman–Crippen LogP) is 1.48. The molecule has 1 aromatic heterocycles. The van der Waals surface area contributed by atoms with E-state index in [2.05, 4.69) is 5.32 Å². The van der Waals surface area contributed by atoms with Gasteiger partial charge in [0, 0.05) is 6.04 Å². The summed E-state index contributed by atoms with van der Waals surface area (Å²) in [6.07, 6.45) is 5.03. The zero-order chi connectivity index (χ0) is 15.2. The van der Waals surface area contributed by atoms with Gasteiger partial charge in [0.1, 0.15) is 0 Å². The highest BCUT2D eigenvalue weighted by Gasteiger charge is 2.42. The summed E-state index contributed by atoms with van der Waals surface area (Å²) in [6, 6.07) is 2.60. The number of carbonyl (C=O) groups is 1. The minimum Gasteiger partial charge on any atom is -0.438 e. The molecule has 2 bridgehead atoms. The Labute approximate surface area is 124 Å². The number of amides is 1. The second kappa shape index (κ2) is 5.14. The molecule has 116 valence electrons. The third kappa shape index (κ3) is 2.85. The van der Waals surface area contributed by atoms with E-state index in [1.807, 2.05) is 6.92 Å². The van der Waals surface area contributed by atoms with Crippen LogP contribution in [0, 0.1) is 17.8 Å². The molecule has 3 rings (SSSR count). The normalized spacial score (nSPS) is 29.5. The average molecular weight is 312 g/mol. The fourth-order valence-electron chi connectivity index (χ4n) is 3.89. The van der Waals surface area contributed by atoms with Gasteiger partial charge in [0.2, 0.25) is 5.09 Å². The van der Waals surface area contributed by atoms with E-state index < -0.39 is 10.0 Å². The highest BCUT2D eigenvalue weighted by molar-refractivity contribution is 7.89. The molecule has 1 heterocycles. The van der Waals surface area contributed by atoms with Gasteiger partial charge in [-0.05, 0) is 56.1 Å². The lowest BCUT2D eigenvalue weighted by Gasteiger charge is -2.28. The molecule has 0 aliphatic heterocycles. The maximum atomic E-state index is 12.1. The number of fused-ring (bicyclic) bond motifs is 2. The van der Waals surface area contributed by atoms with Gasteiger partial charge in [0.15, 0.2) is 5.76 Å². The van der Waals surface area contributed by atoms with E-state index in [9.17, 15) is 13.2 Å². The Kier molecular flexibility index (Phi) is 3.57. The number of carbonyl (C=O) groups excluding carboxylic acids is 1. The van der Waals surface area contributed by atoms with Crippen molar-refractivity contribution in [1.82, 2.24) is 5.32 Å². The van der Waals surface area contributed by atoms with Crippen molar-refractivity contribution in [2.75, 3.05) is 0 Å². The lowest BCUT2D eigenvalue weighted by Crippen LogP contribution is -2.40. The van der Waals surface area contributed by atoms with Crippen molar-refractivity contribution >= 4 is 15.9 Å². The van der Waals surface area contributed by atoms with E-state index in [-0.39, 0.29) is 22.8 Å². The molecule has 4 unspecified atom stereocenters. The molecule has 1 amide bonds. The minimum atomic E-state index is -3.91. The lowest BCUT2D eigenvalue weighted by molar-refractivity contribution is 0.0882. The first-order valence-corrected chi connectivity index (χ1v) is 8.82. The van der Waals surface area contributed by atoms with E-state index in [1.165, 1.54) is 37.8 Å². The molecule has 6 nitrogen and oxygen atoms in total. The van der Waals surface area contributed by atoms with Crippen molar-refractivity contribution in [3.63, 3.8) is 0 Å². The molecule has 4 atom stereocenters. The van der Waals surface area contributed by atoms with E-state index in [4.69, 9.17) is 9.56 Å². The Bertz CT molecular complexity index is 652. The first-order chi connectivity index (χ1) is 9.84. The fourth-order valence-corrected chi connectivity index (χ4v) is 4.35. The maximum absolute atomic E-state index is 12.1. The summed E-state index contributed by atoms with van der Waals surface area (Å²) in [5.74, 6) is 1.63. The molecular formula is C14H20N2O4S. The molecule has 2 fully saturated rings. The van der Waals surface area contributed by atoms with Gasteiger partial charge in [0.25, 0.3) is 15.9 Å². The average Bonchev–Trinajstić information content (AvgIpc) is 3.13. The van der Waals surface area contributed by atoms with Crippen LogP contribution in [-0.4, -0.2) is 20.4 Å². The quantitative estimate of drug-likeness (QED) is 0.879. The molecular weight excluding hydrogens is 292 g/mol. The second-order valence-electron chi connectivity index (χ2n) is 6.26. The van der Waals surface area contributed by atoms with Crippen molar-refractivity contribution in [2.24, 2.45) is 22.9 Å². The number of primary sulfonamides is 1. The van der Waals surface area contributed by atoms with Crippen LogP contribution in [0.4, 0.5) is 0 Å². The van der Waals surface area contributed by atoms with Crippen LogP contribution in [0.2, 0.25) is 0 Å². The molecule has 0 spiro atoms. The number of nitrogens with one attached hydrogen (secondary N) is 1. The lowest BCUT2D eigenvalue weighted by atomic mass is 9.84. The largest absolute Gasteiger partial charge is 0.438 e. The smallest absolute Gasteiger partial charge is 0.287 e. The highest BCUT2D eigenvalue weighted by Crippen LogP contribution is 2.49. The zero-order valence-corrected chi connectivity index (χ0v) is 12.7. The number of hydrogen-bond donors (Lipinski definition) is 2. The van der Waals surface area contributed by atoms with Gasteiger partial charge in [-0.2, -0.15) is 0 Å². The molecule has 0 radical (unpaired) electrons. The fraction of sp³-hybridized carbons (Fsp3) is 0.643. The van der Waals surface area contributed by atoms with Gasteiger partial charge in [-0.3, -0.25) is 4.79 Å². The molecule has 2 aliphatic rings. The van der Waals surface area contributed by atoms with Crippen LogP contribution in [0.1, 0.15) is 43.2 Å². The molecule has 3 N–H and O–H groups in total. The summed E-state index contributed by atoms with van der Waals surface area (Å²) in [5, 5.41) is 7.49. The monoisotopic (exact) mass is 312 g/mol. The van der Waals surface area contributed by atoms with Crippen LogP contribution in [0.3, 0.4) is 0 Å². The Morgan fingerprint density at radius 1 is 1.38 bits per heavy atom. The summed E-state index contributed by atoms with van der Waals surface area (Å²) in [5.41, 5.74) is 0. The number of sulfonamides is 1. The first-order valence-electron chi connectivity index (χ1n) is 7.28. The van der Waals surface area contributed by atoms with E-state index in [0.29, 0.717) is 11.8 Å². The second-order valence-corrected chi connectivity index (χ2v) is 7.76. The van der Waals surface area contributed by atoms with Crippen LogP contribution >= 0.6 is 0 Å². The number of rotatable bonds is 4. The van der Waals surface area contributed by atoms with Crippen LogP contribution in [-0.2, 0) is 10.0 Å². The van der Waals surface area contributed by atoms with E-state index in [0.717, 1.165) is 5.92 Å². The minimum absolute atomic E-state index is 0.0194. The molecule has 2 saturated carbocycles. The molecule has 1 aromatic rings. The van der Waals surface area contributed by atoms with E-state index >= 15 is 0 Å². The SMILES string of the molecule is CC(NC(=O)c1ccc(S(N)(=O)=O)o1)C1CC2CCC1C2. The van der Waals surface area contributed by atoms with Gasteiger partial charge >= 0.3 is 0 Å². The number of hydrogen-bond acceptors (Lipinski definition) is 4. The molecule has 0 saturated heterocycles. The highest BCUT2D eigenvalue weighted by atomic mass is 32.2. The maximum Gasteiger partial charge on any atom is 0.287 e. The first kappa shape index (κ1) is 14.6. The Morgan fingerprint density at radius 2 is 2.14 bits per heavy atom. The third-order valence-electron chi connectivity index (χ3n) is 4.88. The Balaban J connectivity index is 1.65. The Morgan fingerprint density at radius 3 is 2.67 bits per heavy atom. The zero-order valence-electron chi connectivity index (χ0n) is 11.9. The number of furan rings is 1. The van der Waals surface area contributed by atoms with Crippen LogP contribution in [0.5, 0.6) is 0 Å². The van der Waals surface area contributed by atoms with Crippen molar-refractivity contribution in [3.05, 3.63) is 17.9 Å². The van der Waals surface area contributed by atoms with Crippen LogP contribution in [0.15, 0.2) is 21.6 Å².